The van der Waals surface area contributed by atoms with Crippen LogP contribution in [0.1, 0.15) is 25.0 Å². The molecule has 10 rings (SSSR count). The smallest absolute Gasteiger partial charge is 0.228 e. The maximum absolute atomic E-state index is 5.19. The monoisotopic (exact) mass is 648 g/mol. The molecular weight excluding hydrogens is 619 g/mol. The highest BCUT2D eigenvalue weighted by molar-refractivity contribution is 8.01. The predicted octanol–water partition coefficient (Wildman–Crippen LogP) is 9.23. The molecule has 0 N–H and O–H groups in total. The minimum absolute atomic E-state index is 0.0764. The molecule has 0 saturated carbocycles. The summed E-state index contributed by atoms with van der Waals surface area (Å²) in [5.41, 5.74) is 14.8. The van der Waals surface area contributed by atoms with Crippen molar-refractivity contribution in [2.24, 2.45) is 0 Å². The van der Waals surface area contributed by atoms with Crippen LogP contribution in [0.3, 0.4) is 0 Å². The molecule has 48 heavy (non-hydrogen) atoms. The van der Waals surface area contributed by atoms with Crippen LogP contribution in [0.15, 0.2) is 159 Å². The van der Waals surface area contributed by atoms with E-state index in [0.717, 1.165) is 33.9 Å². The lowest BCUT2D eigenvalue weighted by molar-refractivity contribution is 0.648. The summed E-state index contributed by atoms with van der Waals surface area (Å²) < 4.78 is 0. The molecule has 0 fully saturated rings. The predicted molar refractivity (Wildman–Crippen MR) is 202 cm³/mol. The van der Waals surface area contributed by atoms with Crippen molar-refractivity contribution in [3.05, 3.63) is 151 Å². The first-order valence-corrected chi connectivity index (χ1v) is 18.1. The molecule has 0 radical (unpaired) electrons. The van der Waals surface area contributed by atoms with Gasteiger partial charge in [-0.2, -0.15) is 0 Å². The molecule has 0 amide bonds. The maximum atomic E-state index is 5.19. The molecule has 6 aromatic carbocycles. The highest BCUT2D eigenvalue weighted by Crippen LogP contribution is 2.53. The fourth-order valence-corrected chi connectivity index (χ4v) is 10.7. The largest absolute Gasteiger partial charge is 0.247 e. The second kappa shape index (κ2) is 10.6. The average molecular weight is 649 g/mol. The Morgan fingerprint density at radius 3 is 1.92 bits per heavy atom. The lowest BCUT2D eigenvalue weighted by atomic mass is 9.36. The average Bonchev–Trinajstić information content (AvgIpc) is 3.38. The molecule has 3 heterocycles. The summed E-state index contributed by atoms with van der Waals surface area (Å²) in [6.07, 6.45) is 0. The summed E-state index contributed by atoms with van der Waals surface area (Å²) in [6.45, 7) is 4.93. The third-order valence-corrected chi connectivity index (χ3v) is 12.6. The molecule has 1 aliphatic carbocycles. The minimum atomic E-state index is -0.0764. The Morgan fingerprint density at radius 2 is 1.19 bits per heavy atom. The zero-order valence-corrected chi connectivity index (χ0v) is 28.2. The highest BCUT2D eigenvalue weighted by Gasteiger charge is 2.44. The highest BCUT2D eigenvalue weighted by atomic mass is 32.2. The first-order valence-electron chi connectivity index (χ1n) is 16.4. The first-order chi connectivity index (χ1) is 23.5. The molecule has 5 heteroatoms. The fraction of sp³-hybridized carbons (Fsp3) is 0.0698. The van der Waals surface area contributed by atoms with Crippen LogP contribution in [0, 0.1) is 0 Å². The van der Waals surface area contributed by atoms with Gasteiger partial charge in [0.25, 0.3) is 0 Å². The van der Waals surface area contributed by atoms with Crippen molar-refractivity contribution in [1.82, 2.24) is 9.97 Å². The summed E-state index contributed by atoms with van der Waals surface area (Å²) in [5.74, 6) is 0.748. The molecule has 7 aromatic rings. The van der Waals surface area contributed by atoms with E-state index in [0.29, 0.717) is 0 Å². The van der Waals surface area contributed by atoms with E-state index in [9.17, 15) is 0 Å². The van der Waals surface area contributed by atoms with Gasteiger partial charge >= 0.3 is 0 Å². The third-order valence-electron chi connectivity index (χ3n) is 10.2. The number of aromatic nitrogens is 2. The third kappa shape index (κ3) is 4.17. The van der Waals surface area contributed by atoms with Gasteiger partial charge in [0.2, 0.25) is 6.71 Å². The summed E-state index contributed by atoms with van der Waals surface area (Å²) in [5, 5.41) is 0. The molecule has 2 nitrogen and oxygen atoms in total. The Hall–Kier alpha value is -4.84. The van der Waals surface area contributed by atoms with Crippen LogP contribution in [-0.4, -0.2) is 16.7 Å². The van der Waals surface area contributed by atoms with Crippen LogP contribution in [0.25, 0.3) is 45.0 Å². The van der Waals surface area contributed by atoms with Gasteiger partial charge in [0, 0.05) is 41.7 Å². The van der Waals surface area contributed by atoms with Crippen molar-refractivity contribution >= 4 is 46.6 Å². The van der Waals surface area contributed by atoms with E-state index in [1.54, 1.807) is 0 Å². The molecule has 0 spiro atoms. The second-order valence-corrected chi connectivity index (χ2v) is 15.5. The number of hydrogen-bond acceptors (Lipinski definition) is 4. The van der Waals surface area contributed by atoms with Crippen molar-refractivity contribution < 1.29 is 0 Å². The molecular formula is C43H29BN2S2. The molecule has 226 valence electrons. The summed E-state index contributed by atoms with van der Waals surface area (Å²) in [6, 6.07) is 50.5. The Kier molecular flexibility index (Phi) is 6.22. The number of benzene rings is 6. The Morgan fingerprint density at radius 1 is 0.521 bits per heavy atom. The summed E-state index contributed by atoms with van der Waals surface area (Å²) >= 11 is 3.85. The summed E-state index contributed by atoms with van der Waals surface area (Å²) in [4.78, 5) is 15.8. The van der Waals surface area contributed by atoms with Crippen molar-refractivity contribution in [1.29, 1.82) is 0 Å². The maximum Gasteiger partial charge on any atom is 0.247 e. The van der Waals surface area contributed by atoms with E-state index in [1.165, 1.54) is 58.2 Å². The zero-order chi connectivity index (χ0) is 32.0. The van der Waals surface area contributed by atoms with Gasteiger partial charge < -0.3 is 0 Å². The van der Waals surface area contributed by atoms with Gasteiger partial charge in [-0.25, -0.2) is 9.97 Å². The second-order valence-electron chi connectivity index (χ2n) is 13.3. The van der Waals surface area contributed by atoms with E-state index >= 15 is 0 Å². The van der Waals surface area contributed by atoms with Crippen molar-refractivity contribution in [2.45, 2.75) is 38.8 Å². The van der Waals surface area contributed by atoms with Crippen molar-refractivity contribution in [2.75, 3.05) is 0 Å². The van der Waals surface area contributed by atoms with Crippen LogP contribution in [0.5, 0.6) is 0 Å². The normalized spacial score (nSPS) is 14.4. The van der Waals surface area contributed by atoms with E-state index in [-0.39, 0.29) is 12.1 Å². The van der Waals surface area contributed by atoms with Gasteiger partial charge in [-0.15, -0.1) is 0 Å². The zero-order valence-electron chi connectivity index (χ0n) is 26.6. The van der Waals surface area contributed by atoms with E-state index in [4.69, 9.17) is 9.97 Å². The molecule has 0 atom stereocenters. The van der Waals surface area contributed by atoms with Crippen LogP contribution in [0.4, 0.5) is 0 Å². The standard InChI is InChI=1S/C43H29BN2S2/c1-43(2)31-17-10-9-16-29(31)30-21-22-32-41(39(30)43)48-38-19-11-18-37-40(38)44(32)33-24-28(20-23-36(33)47-37)42-45-34(26-12-5-3-6-13-26)25-35(46-42)27-14-7-4-8-15-27/h3-25H,1-2H3. The lowest BCUT2D eigenvalue weighted by Gasteiger charge is -2.35. The fourth-order valence-electron chi connectivity index (χ4n) is 7.97. The number of nitrogens with zero attached hydrogens (tertiary/aromatic N) is 2. The lowest BCUT2D eigenvalue weighted by Crippen LogP contribution is -2.58. The molecule has 0 bridgehead atoms. The van der Waals surface area contributed by atoms with Crippen LogP contribution < -0.4 is 16.4 Å². The number of fused-ring (bicyclic) bond motifs is 8. The summed E-state index contributed by atoms with van der Waals surface area (Å²) in [7, 11) is 0. The van der Waals surface area contributed by atoms with Crippen molar-refractivity contribution in [3.63, 3.8) is 0 Å². The van der Waals surface area contributed by atoms with Crippen LogP contribution in [0.2, 0.25) is 0 Å². The number of hydrogen-bond donors (Lipinski definition) is 0. The Balaban J connectivity index is 1.18. The Bertz CT molecular complexity index is 2380. The number of rotatable bonds is 3. The molecule has 2 aliphatic heterocycles. The van der Waals surface area contributed by atoms with Crippen LogP contribution >= 0.6 is 23.5 Å². The van der Waals surface area contributed by atoms with Crippen LogP contribution in [-0.2, 0) is 5.41 Å². The molecule has 0 saturated heterocycles. The SMILES string of the molecule is CC1(C)c2ccccc2-c2ccc3c(c21)Sc1cccc2c1B3c1cc(-c3nc(-c4ccccc4)cc(-c4ccccc4)n3)ccc1S2. The minimum Gasteiger partial charge on any atom is -0.228 e. The molecule has 3 aliphatic rings. The molecule has 1 aromatic heterocycles. The first kappa shape index (κ1) is 28.2. The van der Waals surface area contributed by atoms with Gasteiger partial charge in [-0.3, -0.25) is 0 Å². The molecule has 0 unspecified atom stereocenters. The van der Waals surface area contributed by atoms with Gasteiger partial charge in [0.05, 0.1) is 11.4 Å². The van der Waals surface area contributed by atoms with Gasteiger partial charge in [-0.05, 0) is 52.0 Å². The van der Waals surface area contributed by atoms with E-state index < -0.39 is 0 Å². The van der Waals surface area contributed by atoms with E-state index in [2.05, 4.69) is 141 Å². The topological polar surface area (TPSA) is 25.8 Å². The van der Waals surface area contributed by atoms with Gasteiger partial charge in [0.1, 0.15) is 0 Å². The quantitative estimate of drug-likeness (QED) is 0.179. The van der Waals surface area contributed by atoms with Gasteiger partial charge in [-0.1, -0.05) is 164 Å². The van der Waals surface area contributed by atoms with Crippen molar-refractivity contribution in [3.8, 4) is 45.0 Å². The Labute approximate surface area is 289 Å². The van der Waals surface area contributed by atoms with Gasteiger partial charge in [0.15, 0.2) is 5.82 Å². The van der Waals surface area contributed by atoms with E-state index in [1.807, 2.05) is 35.7 Å².